The van der Waals surface area contributed by atoms with E-state index in [2.05, 4.69) is 26.0 Å². The minimum atomic E-state index is -3.98. The average Bonchev–Trinajstić information content (AvgIpc) is 2.40. The minimum Gasteiger partial charge on any atom is -0.316 e. The summed E-state index contributed by atoms with van der Waals surface area (Å²) in [7, 11) is -2.24. The molecule has 2 rings (SSSR count). The van der Waals surface area contributed by atoms with Crippen LogP contribution in [0.25, 0.3) is 0 Å². The molecule has 0 aliphatic rings. The van der Waals surface area contributed by atoms with Crippen LogP contribution in [0.3, 0.4) is 0 Å². The highest BCUT2D eigenvalue weighted by Gasteiger charge is 2.19. The summed E-state index contributed by atoms with van der Waals surface area (Å²) in [4.78, 5) is -0.366. The van der Waals surface area contributed by atoms with Gasteiger partial charge in [-0.25, -0.2) is 12.8 Å². The second kappa shape index (κ2) is 6.55. The zero-order valence-corrected chi connectivity index (χ0v) is 13.6. The Balaban J connectivity index is 2.37. The number of anilines is 1. The van der Waals surface area contributed by atoms with Crippen LogP contribution >= 0.6 is 15.9 Å². The Morgan fingerprint density at radius 3 is 2.62 bits per heavy atom. The molecule has 0 atom stereocenters. The van der Waals surface area contributed by atoms with E-state index in [1.807, 2.05) is 0 Å². The van der Waals surface area contributed by atoms with E-state index in [-0.39, 0.29) is 4.90 Å². The normalized spacial score (nSPS) is 11.4. The Morgan fingerprint density at radius 1 is 1.19 bits per heavy atom. The SMILES string of the molecule is CNCc1ccc(F)c(S(=O)(=O)Nc2cccc(Br)c2)c1. The van der Waals surface area contributed by atoms with Gasteiger partial charge in [0.05, 0.1) is 0 Å². The van der Waals surface area contributed by atoms with Crippen molar-refractivity contribution in [2.24, 2.45) is 0 Å². The van der Waals surface area contributed by atoms with Gasteiger partial charge in [0.25, 0.3) is 10.0 Å². The van der Waals surface area contributed by atoms with E-state index in [9.17, 15) is 12.8 Å². The maximum atomic E-state index is 13.8. The van der Waals surface area contributed by atoms with Crippen LogP contribution in [0.5, 0.6) is 0 Å². The largest absolute Gasteiger partial charge is 0.316 e. The van der Waals surface area contributed by atoms with Crippen LogP contribution in [-0.2, 0) is 16.6 Å². The smallest absolute Gasteiger partial charge is 0.264 e. The van der Waals surface area contributed by atoms with Crippen molar-refractivity contribution in [3.8, 4) is 0 Å². The van der Waals surface area contributed by atoms with Crippen LogP contribution in [0.2, 0.25) is 0 Å². The Hall–Kier alpha value is -1.44. The van der Waals surface area contributed by atoms with Gasteiger partial charge in [0.1, 0.15) is 10.7 Å². The third kappa shape index (κ3) is 4.03. The Kier molecular flexibility index (Phi) is 4.97. The standard InChI is InChI=1S/C14H14BrFN2O2S/c1-17-9-10-5-6-13(16)14(7-10)21(19,20)18-12-4-2-3-11(15)8-12/h2-8,17-18H,9H2,1H3. The van der Waals surface area contributed by atoms with E-state index in [4.69, 9.17) is 0 Å². The summed E-state index contributed by atoms with van der Waals surface area (Å²) < 4.78 is 41.5. The van der Waals surface area contributed by atoms with Crippen molar-refractivity contribution in [2.45, 2.75) is 11.4 Å². The lowest BCUT2D eigenvalue weighted by Gasteiger charge is -2.10. The highest BCUT2D eigenvalue weighted by Crippen LogP contribution is 2.22. The van der Waals surface area contributed by atoms with Gasteiger partial charge >= 0.3 is 0 Å². The summed E-state index contributed by atoms with van der Waals surface area (Å²) in [5.41, 5.74) is 1.05. The van der Waals surface area contributed by atoms with Gasteiger partial charge in [0.2, 0.25) is 0 Å². The Labute approximate surface area is 131 Å². The van der Waals surface area contributed by atoms with Crippen LogP contribution in [0.15, 0.2) is 51.8 Å². The molecule has 0 aliphatic carbocycles. The molecule has 0 unspecified atom stereocenters. The van der Waals surface area contributed by atoms with Crippen LogP contribution in [0, 0.1) is 5.82 Å². The van der Waals surface area contributed by atoms with Gasteiger partial charge in [0.15, 0.2) is 0 Å². The van der Waals surface area contributed by atoms with Crippen LogP contribution in [-0.4, -0.2) is 15.5 Å². The molecule has 2 N–H and O–H groups in total. The van der Waals surface area contributed by atoms with Crippen LogP contribution in [0.1, 0.15) is 5.56 Å². The van der Waals surface area contributed by atoms with Crippen molar-refractivity contribution in [1.82, 2.24) is 5.32 Å². The summed E-state index contributed by atoms with van der Waals surface area (Å²) in [6.45, 7) is 0.458. The van der Waals surface area contributed by atoms with E-state index >= 15 is 0 Å². The number of nitrogens with one attached hydrogen (secondary N) is 2. The predicted molar refractivity (Wildman–Crippen MR) is 84.1 cm³/mol. The summed E-state index contributed by atoms with van der Waals surface area (Å²) in [5, 5.41) is 2.90. The van der Waals surface area contributed by atoms with E-state index in [1.54, 1.807) is 37.4 Å². The van der Waals surface area contributed by atoms with Crippen molar-refractivity contribution in [2.75, 3.05) is 11.8 Å². The number of rotatable bonds is 5. The number of sulfonamides is 1. The summed E-state index contributed by atoms with van der Waals surface area (Å²) in [5.74, 6) is -0.780. The third-order valence-corrected chi connectivity index (χ3v) is 4.63. The molecule has 0 radical (unpaired) electrons. The van der Waals surface area contributed by atoms with Gasteiger partial charge in [0, 0.05) is 16.7 Å². The summed E-state index contributed by atoms with van der Waals surface area (Å²) in [6, 6.07) is 10.7. The first-order valence-corrected chi connectivity index (χ1v) is 8.41. The van der Waals surface area contributed by atoms with Crippen molar-refractivity contribution < 1.29 is 12.8 Å². The second-order valence-electron chi connectivity index (χ2n) is 4.41. The first-order valence-electron chi connectivity index (χ1n) is 6.14. The van der Waals surface area contributed by atoms with Crippen LogP contribution < -0.4 is 10.0 Å². The van der Waals surface area contributed by atoms with E-state index in [0.29, 0.717) is 17.8 Å². The molecule has 0 amide bonds. The fraction of sp³-hybridized carbons (Fsp3) is 0.143. The quantitative estimate of drug-likeness (QED) is 0.847. The molecule has 112 valence electrons. The molecule has 0 saturated heterocycles. The van der Waals surface area contributed by atoms with Gasteiger partial charge in [-0.15, -0.1) is 0 Å². The highest BCUT2D eigenvalue weighted by atomic mass is 79.9. The van der Waals surface area contributed by atoms with Gasteiger partial charge in [-0.3, -0.25) is 4.72 Å². The highest BCUT2D eigenvalue weighted by molar-refractivity contribution is 9.10. The molecule has 0 spiro atoms. The number of hydrogen-bond acceptors (Lipinski definition) is 3. The Morgan fingerprint density at radius 2 is 1.95 bits per heavy atom. The fourth-order valence-corrected chi connectivity index (χ4v) is 3.41. The lowest BCUT2D eigenvalue weighted by Crippen LogP contribution is -2.15. The number of hydrogen-bond donors (Lipinski definition) is 2. The van der Waals surface area contributed by atoms with E-state index in [0.717, 1.165) is 10.5 Å². The maximum Gasteiger partial charge on any atom is 0.264 e. The fourth-order valence-electron chi connectivity index (χ4n) is 1.83. The zero-order chi connectivity index (χ0) is 15.5. The molecule has 2 aromatic rings. The molecule has 0 aromatic heterocycles. The Bertz CT molecular complexity index is 750. The van der Waals surface area contributed by atoms with Gasteiger partial charge in [-0.1, -0.05) is 28.1 Å². The summed E-state index contributed by atoms with van der Waals surface area (Å²) in [6.07, 6.45) is 0. The lowest BCUT2D eigenvalue weighted by molar-refractivity contribution is 0.569. The molecule has 0 aliphatic heterocycles. The zero-order valence-electron chi connectivity index (χ0n) is 11.2. The number of benzene rings is 2. The molecule has 0 saturated carbocycles. The molecule has 0 fully saturated rings. The second-order valence-corrected chi connectivity index (χ2v) is 6.98. The van der Waals surface area contributed by atoms with E-state index in [1.165, 1.54) is 6.07 Å². The first kappa shape index (κ1) is 15.9. The number of halogens is 2. The molecular formula is C14H14BrFN2O2S. The maximum absolute atomic E-state index is 13.8. The molecule has 7 heteroatoms. The predicted octanol–water partition coefficient (Wildman–Crippen LogP) is 3.11. The molecule has 21 heavy (non-hydrogen) atoms. The van der Waals surface area contributed by atoms with E-state index < -0.39 is 15.8 Å². The third-order valence-electron chi connectivity index (χ3n) is 2.74. The first-order chi connectivity index (χ1) is 9.92. The topological polar surface area (TPSA) is 58.2 Å². The van der Waals surface area contributed by atoms with Gasteiger partial charge < -0.3 is 5.32 Å². The molecule has 2 aromatic carbocycles. The van der Waals surface area contributed by atoms with Crippen molar-refractivity contribution in [1.29, 1.82) is 0 Å². The minimum absolute atomic E-state index is 0.364. The van der Waals surface area contributed by atoms with Crippen LogP contribution in [0.4, 0.5) is 10.1 Å². The van der Waals surface area contributed by atoms with Crippen molar-refractivity contribution >= 4 is 31.6 Å². The lowest BCUT2D eigenvalue weighted by atomic mass is 10.2. The van der Waals surface area contributed by atoms with Gasteiger partial charge in [-0.2, -0.15) is 0 Å². The van der Waals surface area contributed by atoms with Crippen molar-refractivity contribution in [3.63, 3.8) is 0 Å². The molecule has 0 bridgehead atoms. The molecule has 0 heterocycles. The van der Waals surface area contributed by atoms with Gasteiger partial charge in [-0.05, 0) is 42.9 Å². The monoisotopic (exact) mass is 372 g/mol. The molecule has 4 nitrogen and oxygen atoms in total. The average molecular weight is 373 g/mol. The van der Waals surface area contributed by atoms with Crippen molar-refractivity contribution in [3.05, 3.63) is 58.3 Å². The molecular weight excluding hydrogens is 359 g/mol. The summed E-state index contributed by atoms with van der Waals surface area (Å²) >= 11 is 3.26.